The van der Waals surface area contributed by atoms with Crippen LogP contribution in [-0.4, -0.2) is 42.4 Å². The van der Waals surface area contributed by atoms with Crippen LogP contribution in [0.5, 0.6) is 5.75 Å². The zero-order chi connectivity index (χ0) is 20.5. The highest BCUT2D eigenvalue weighted by Crippen LogP contribution is 2.58. The van der Waals surface area contributed by atoms with Gasteiger partial charge in [0.1, 0.15) is 11.4 Å². The first-order valence-electron chi connectivity index (χ1n) is 11.0. The Morgan fingerprint density at radius 3 is 2.00 bits per heavy atom. The highest BCUT2D eigenvalue weighted by atomic mass is 32.1. The molecule has 3 aromatic rings. The Labute approximate surface area is 187 Å². The summed E-state index contributed by atoms with van der Waals surface area (Å²) < 4.78 is 7.12. The summed E-state index contributed by atoms with van der Waals surface area (Å²) in [4.78, 5) is 2.23. The molecule has 3 saturated heterocycles. The number of nitrogens with zero attached hydrogens (tertiary/aromatic N) is 1. The first-order chi connectivity index (χ1) is 14.7. The van der Waals surface area contributed by atoms with Gasteiger partial charge in [-0.1, -0.05) is 30.3 Å². The molecule has 0 radical (unpaired) electrons. The van der Waals surface area contributed by atoms with Crippen LogP contribution in [0.4, 0.5) is 0 Å². The van der Waals surface area contributed by atoms with Gasteiger partial charge in [0.15, 0.2) is 0 Å². The minimum absolute atomic E-state index is 0.0384. The van der Waals surface area contributed by atoms with E-state index in [4.69, 9.17) is 4.74 Å². The summed E-state index contributed by atoms with van der Waals surface area (Å²) in [5.41, 5.74) is -0.883. The molecule has 30 heavy (non-hydrogen) atoms. The van der Waals surface area contributed by atoms with Crippen molar-refractivity contribution in [1.29, 1.82) is 0 Å². The molecule has 6 rings (SSSR count). The number of aliphatic hydroxyl groups is 1. The van der Waals surface area contributed by atoms with Crippen LogP contribution in [0.15, 0.2) is 65.4 Å². The molecular formula is C25H30NO2S2+. The van der Waals surface area contributed by atoms with Crippen LogP contribution in [0.3, 0.4) is 0 Å². The van der Waals surface area contributed by atoms with Crippen LogP contribution in [0.1, 0.15) is 35.4 Å². The summed E-state index contributed by atoms with van der Waals surface area (Å²) in [6.07, 6.45) is 4.37. The summed E-state index contributed by atoms with van der Waals surface area (Å²) >= 11 is 3.40. The summed E-state index contributed by atoms with van der Waals surface area (Å²) in [5, 5.41) is 16.5. The fourth-order valence-electron chi connectivity index (χ4n) is 5.66. The van der Waals surface area contributed by atoms with Gasteiger partial charge >= 0.3 is 0 Å². The molecule has 3 aliphatic rings. The molecule has 158 valence electrons. The van der Waals surface area contributed by atoms with Crippen molar-refractivity contribution in [2.45, 2.75) is 31.3 Å². The number of fused-ring (bicyclic) bond motifs is 3. The lowest BCUT2D eigenvalue weighted by atomic mass is 9.59. The third-order valence-electron chi connectivity index (χ3n) is 7.51. The van der Waals surface area contributed by atoms with Crippen molar-refractivity contribution < 1.29 is 14.3 Å². The van der Waals surface area contributed by atoms with Gasteiger partial charge in [-0.15, -0.1) is 22.7 Å². The number of quaternary nitrogens is 1. The van der Waals surface area contributed by atoms with Gasteiger partial charge in [0, 0.05) is 40.9 Å². The largest absolute Gasteiger partial charge is 0.493 e. The van der Waals surface area contributed by atoms with Crippen LogP contribution >= 0.6 is 22.7 Å². The Hall–Kier alpha value is -1.66. The first-order valence-corrected chi connectivity index (χ1v) is 12.8. The van der Waals surface area contributed by atoms with Crippen LogP contribution in [0.25, 0.3) is 0 Å². The minimum Gasteiger partial charge on any atom is -0.493 e. The van der Waals surface area contributed by atoms with E-state index in [1.165, 1.54) is 30.7 Å². The quantitative estimate of drug-likeness (QED) is 0.369. The van der Waals surface area contributed by atoms with E-state index >= 15 is 0 Å². The number of benzene rings is 1. The molecule has 0 saturated carbocycles. The van der Waals surface area contributed by atoms with E-state index in [-0.39, 0.29) is 5.41 Å². The van der Waals surface area contributed by atoms with Crippen LogP contribution in [0, 0.1) is 5.41 Å². The number of para-hydroxylation sites is 1. The van der Waals surface area contributed by atoms with Gasteiger partial charge in [-0.25, -0.2) is 0 Å². The highest BCUT2D eigenvalue weighted by Gasteiger charge is 2.60. The van der Waals surface area contributed by atoms with Crippen molar-refractivity contribution >= 4 is 22.7 Å². The van der Waals surface area contributed by atoms with Crippen molar-refractivity contribution in [1.82, 2.24) is 0 Å². The Morgan fingerprint density at radius 2 is 1.47 bits per heavy atom. The van der Waals surface area contributed by atoms with E-state index in [1.807, 2.05) is 30.3 Å². The molecule has 3 nitrogen and oxygen atoms in total. The number of thiophene rings is 2. The van der Waals surface area contributed by atoms with Gasteiger partial charge in [-0.3, -0.25) is 0 Å². The van der Waals surface area contributed by atoms with Gasteiger partial charge in [0.25, 0.3) is 0 Å². The van der Waals surface area contributed by atoms with Gasteiger partial charge in [-0.05, 0) is 35.0 Å². The summed E-state index contributed by atoms with van der Waals surface area (Å²) in [7, 11) is 0. The maximum absolute atomic E-state index is 12.2. The molecule has 3 fully saturated rings. The van der Waals surface area contributed by atoms with Gasteiger partial charge < -0.3 is 14.3 Å². The molecule has 3 aliphatic heterocycles. The average Bonchev–Trinajstić information content (AvgIpc) is 3.53. The number of rotatable bonds is 8. The van der Waals surface area contributed by atoms with Crippen molar-refractivity contribution in [2.24, 2.45) is 5.41 Å². The molecule has 1 aromatic carbocycles. The molecule has 1 N–H and O–H groups in total. The molecule has 2 bridgehead atoms. The lowest BCUT2D eigenvalue weighted by Gasteiger charge is -2.59. The SMILES string of the molecule is OC(c1cccs1)(c1cccs1)C12CC[N+](CCCOc3ccccc3)(CC1)CC2. The fourth-order valence-corrected chi connectivity index (χ4v) is 7.64. The Balaban J connectivity index is 1.27. The van der Waals surface area contributed by atoms with Crippen molar-refractivity contribution in [2.75, 3.05) is 32.8 Å². The molecule has 0 aliphatic carbocycles. The first kappa shape index (κ1) is 20.3. The summed E-state index contributed by atoms with van der Waals surface area (Å²) in [6, 6.07) is 18.5. The lowest BCUT2D eigenvalue weighted by Crippen LogP contribution is -2.66. The third kappa shape index (κ3) is 3.42. The van der Waals surface area contributed by atoms with Crippen molar-refractivity contribution in [3.8, 4) is 5.75 Å². The number of ether oxygens (including phenoxy) is 1. The molecule has 0 spiro atoms. The van der Waals surface area contributed by atoms with Crippen molar-refractivity contribution in [3.05, 3.63) is 75.1 Å². The second-order valence-electron chi connectivity index (χ2n) is 8.95. The van der Waals surface area contributed by atoms with Crippen LogP contribution in [-0.2, 0) is 5.60 Å². The second kappa shape index (κ2) is 8.12. The number of hydrogen-bond donors (Lipinski definition) is 1. The monoisotopic (exact) mass is 440 g/mol. The van der Waals surface area contributed by atoms with Crippen LogP contribution in [0.2, 0.25) is 0 Å². The maximum atomic E-state index is 12.2. The highest BCUT2D eigenvalue weighted by molar-refractivity contribution is 7.11. The second-order valence-corrected chi connectivity index (χ2v) is 10.8. The van der Waals surface area contributed by atoms with E-state index in [1.54, 1.807) is 22.7 Å². The lowest BCUT2D eigenvalue weighted by molar-refractivity contribution is -0.946. The van der Waals surface area contributed by atoms with Gasteiger partial charge in [-0.2, -0.15) is 0 Å². The maximum Gasteiger partial charge on any atom is 0.139 e. The Morgan fingerprint density at radius 1 is 0.867 bits per heavy atom. The van der Waals surface area contributed by atoms with E-state index in [2.05, 4.69) is 35.0 Å². The molecule has 0 amide bonds. The molecule has 0 unspecified atom stereocenters. The standard InChI is InChI=1S/C25H30NO2S2/c27-25(22-9-4-19-29-22,23-10-5-20-30-23)24-11-15-26(16-12-24,17-13-24)14-6-18-28-21-7-2-1-3-8-21/h1-5,7-10,19-20,27H,6,11-18H2/q+1. The van der Waals surface area contributed by atoms with E-state index in [0.717, 1.165) is 47.8 Å². The minimum atomic E-state index is -0.845. The topological polar surface area (TPSA) is 29.5 Å². The number of hydrogen-bond acceptors (Lipinski definition) is 4. The summed E-state index contributed by atoms with van der Waals surface area (Å²) in [6.45, 7) is 5.47. The summed E-state index contributed by atoms with van der Waals surface area (Å²) in [5.74, 6) is 0.964. The zero-order valence-electron chi connectivity index (χ0n) is 17.3. The normalized spacial score (nSPS) is 26.0. The third-order valence-corrected chi connectivity index (χ3v) is 9.46. The predicted molar refractivity (Wildman–Crippen MR) is 124 cm³/mol. The van der Waals surface area contributed by atoms with E-state index in [0.29, 0.717) is 0 Å². The van der Waals surface area contributed by atoms with Gasteiger partial charge in [0.2, 0.25) is 0 Å². The molecule has 5 heterocycles. The average molecular weight is 441 g/mol. The molecule has 2 aromatic heterocycles. The van der Waals surface area contributed by atoms with E-state index < -0.39 is 5.60 Å². The molecule has 5 heteroatoms. The Bertz CT molecular complexity index is 878. The zero-order valence-corrected chi connectivity index (χ0v) is 19.0. The van der Waals surface area contributed by atoms with E-state index in [9.17, 15) is 5.11 Å². The molecular weight excluding hydrogens is 410 g/mol. The smallest absolute Gasteiger partial charge is 0.139 e. The number of piperidine rings is 3. The van der Waals surface area contributed by atoms with Crippen molar-refractivity contribution in [3.63, 3.8) is 0 Å². The fraction of sp³-hybridized carbons (Fsp3) is 0.440. The predicted octanol–water partition coefficient (Wildman–Crippen LogP) is 5.52. The van der Waals surface area contributed by atoms with Gasteiger partial charge in [0.05, 0.1) is 32.8 Å². The Kier molecular flexibility index (Phi) is 5.48. The molecule has 0 atom stereocenters. The van der Waals surface area contributed by atoms with Crippen LogP contribution < -0.4 is 4.74 Å².